The van der Waals surface area contributed by atoms with Crippen molar-refractivity contribution in [2.24, 2.45) is 5.92 Å². The lowest BCUT2D eigenvalue weighted by atomic mass is 10.1. The van der Waals surface area contributed by atoms with Crippen molar-refractivity contribution in [1.82, 2.24) is 5.32 Å². The van der Waals surface area contributed by atoms with Crippen molar-refractivity contribution in [3.63, 3.8) is 0 Å². The fourth-order valence-corrected chi connectivity index (χ4v) is 1.90. The molecular weight excluding hydrogens is 211 g/mol. The second-order valence-electron chi connectivity index (χ2n) is 3.95. The molecule has 0 aliphatic heterocycles. The van der Waals surface area contributed by atoms with E-state index in [1.165, 1.54) is 0 Å². The van der Waals surface area contributed by atoms with Gasteiger partial charge < -0.3 is 15.5 Å². The number of alkyl halides is 3. The number of aliphatic hydroxyl groups is 2. The van der Waals surface area contributed by atoms with Gasteiger partial charge in [0.2, 0.25) is 0 Å². The maximum atomic E-state index is 12.0. The van der Waals surface area contributed by atoms with Gasteiger partial charge in [-0.05, 0) is 18.8 Å². The average molecular weight is 227 g/mol. The summed E-state index contributed by atoms with van der Waals surface area (Å²) in [6, 6.07) is -0.105. The monoisotopic (exact) mass is 227 g/mol. The Hall–Kier alpha value is -0.330. The highest BCUT2D eigenvalue weighted by Gasteiger charge is 2.38. The number of hydrogen-bond donors (Lipinski definition) is 3. The molecule has 0 heterocycles. The standard InChI is InChI=1S/C9H16F3NO2/c10-9(11,12)8(15)4-13-7-3-1-2-6(7)5-14/h6-8,13-15H,1-5H2. The van der Waals surface area contributed by atoms with Crippen LogP contribution in [0, 0.1) is 5.92 Å². The Morgan fingerprint density at radius 2 is 2.00 bits per heavy atom. The highest BCUT2D eigenvalue weighted by molar-refractivity contribution is 4.84. The summed E-state index contributed by atoms with van der Waals surface area (Å²) in [7, 11) is 0. The molecule has 0 aromatic rings. The molecule has 1 aliphatic carbocycles. The maximum Gasteiger partial charge on any atom is 0.415 e. The minimum Gasteiger partial charge on any atom is -0.396 e. The zero-order valence-corrected chi connectivity index (χ0v) is 8.30. The normalized spacial score (nSPS) is 29.4. The number of rotatable bonds is 4. The molecule has 1 rings (SSSR count). The number of aliphatic hydroxyl groups excluding tert-OH is 2. The fourth-order valence-electron chi connectivity index (χ4n) is 1.90. The summed E-state index contributed by atoms with van der Waals surface area (Å²) in [4.78, 5) is 0. The second-order valence-corrected chi connectivity index (χ2v) is 3.95. The molecule has 90 valence electrons. The highest BCUT2D eigenvalue weighted by Crippen LogP contribution is 2.26. The zero-order chi connectivity index (χ0) is 11.5. The van der Waals surface area contributed by atoms with Crippen molar-refractivity contribution in [1.29, 1.82) is 0 Å². The Morgan fingerprint density at radius 3 is 2.53 bits per heavy atom. The second kappa shape index (κ2) is 5.14. The van der Waals surface area contributed by atoms with Crippen molar-refractivity contribution in [3.05, 3.63) is 0 Å². The lowest BCUT2D eigenvalue weighted by Crippen LogP contribution is -2.44. The van der Waals surface area contributed by atoms with Crippen molar-refractivity contribution in [2.45, 2.75) is 37.6 Å². The number of nitrogens with one attached hydrogen (secondary N) is 1. The molecule has 3 atom stereocenters. The molecule has 3 N–H and O–H groups in total. The fraction of sp³-hybridized carbons (Fsp3) is 1.00. The topological polar surface area (TPSA) is 52.5 Å². The molecule has 3 unspecified atom stereocenters. The van der Waals surface area contributed by atoms with Crippen molar-refractivity contribution in [3.8, 4) is 0 Å². The third kappa shape index (κ3) is 3.62. The van der Waals surface area contributed by atoms with Gasteiger partial charge in [-0.3, -0.25) is 0 Å². The zero-order valence-electron chi connectivity index (χ0n) is 8.30. The van der Waals surface area contributed by atoms with Crippen molar-refractivity contribution < 1.29 is 23.4 Å². The predicted octanol–water partition coefficient (Wildman–Crippen LogP) is 0.660. The summed E-state index contributed by atoms with van der Waals surface area (Å²) in [5.74, 6) is 0.0189. The van der Waals surface area contributed by atoms with E-state index in [0.29, 0.717) is 0 Å². The lowest BCUT2D eigenvalue weighted by Gasteiger charge is -2.22. The molecule has 1 saturated carbocycles. The number of hydrogen-bond acceptors (Lipinski definition) is 3. The minimum absolute atomic E-state index is 0.0141. The Balaban J connectivity index is 2.30. The lowest BCUT2D eigenvalue weighted by molar-refractivity contribution is -0.202. The van der Waals surface area contributed by atoms with Crippen LogP contribution < -0.4 is 5.32 Å². The Labute approximate surface area is 86.3 Å². The van der Waals surface area contributed by atoms with Crippen LogP contribution in [0.2, 0.25) is 0 Å². The van der Waals surface area contributed by atoms with Gasteiger partial charge in [0.15, 0.2) is 6.10 Å². The van der Waals surface area contributed by atoms with Gasteiger partial charge in [-0.15, -0.1) is 0 Å². The summed E-state index contributed by atoms with van der Waals surface area (Å²) in [5, 5.41) is 20.4. The molecule has 0 spiro atoms. The van der Waals surface area contributed by atoms with Crippen LogP contribution in [-0.2, 0) is 0 Å². The van der Waals surface area contributed by atoms with E-state index < -0.39 is 18.8 Å². The molecule has 0 saturated heterocycles. The van der Waals surface area contributed by atoms with E-state index in [2.05, 4.69) is 5.32 Å². The Kier molecular flexibility index (Phi) is 4.36. The van der Waals surface area contributed by atoms with Gasteiger partial charge in [-0.25, -0.2) is 0 Å². The van der Waals surface area contributed by atoms with Crippen LogP contribution in [0.4, 0.5) is 13.2 Å². The van der Waals surface area contributed by atoms with E-state index >= 15 is 0 Å². The van der Waals surface area contributed by atoms with Gasteiger partial charge in [0, 0.05) is 19.2 Å². The largest absolute Gasteiger partial charge is 0.415 e. The summed E-state index contributed by atoms with van der Waals surface area (Å²) in [6.07, 6.45) is -4.39. The third-order valence-electron chi connectivity index (χ3n) is 2.84. The first-order valence-corrected chi connectivity index (χ1v) is 5.04. The van der Waals surface area contributed by atoms with E-state index in [-0.39, 0.29) is 18.6 Å². The van der Waals surface area contributed by atoms with E-state index in [0.717, 1.165) is 19.3 Å². The molecule has 0 amide bonds. The molecule has 1 fully saturated rings. The first-order chi connectivity index (χ1) is 6.95. The summed E-state index contributed by atoms with van der Waals surface area (Å²) in [6.45, 7) is -0.509. The molecule has 15 heavy (non-hydrogen) atoms. The Bertz CT molecular complexity index is 198. The first kappa shape index (κ1) is 12.7. The summed E-state index contributed by atoms with van der Waals surface area (Å²) >= 11 is 0. The highest BCUT2D eigenvalue weighted by atomic mass is 19.4. The van der Waals surface area contributed by atoms with Gasteiger partial charge >= 0.3 is 6.18 Å². The van der Waals surface area contributed by atoms with E-state index in [9.17, 15) is 13.2 Å². The Morgan fingerprint density at radius 1 is 1.33 bits per heavy atom. The summed E-state index contributed by atoms with van der Waals surface area (Å²) in [5.41, 5.74) is 0. The SMILES string of the molecule is OCC1CCCC1NCC(O)C(F)(F)F. The maximum absolute atomic E-state index is 12.0. The van der Waals surface area contributed by atoms with Crippen LogP contribution in [0.25, 0.3) is 0 Å². The quantitative estimate of drug-likeness (QED) is 0.661. The van der Waals surface area contributed by atoms with Crippen molar-refractivity contribution in [2.75, 3.05) is 13.2 Å². The van der Waals surface area contributed by atoms with Gasteiger partial charge in [0.05, 0.1) is 0 Å². The molecule has 0 bridgehead atoms. The van der Waals surface area contributed by atoms with Crippen LogP contribution in [0.15, 0.2) is 0 Å². The minimum atomic E-state index is -4.57. The first-order valence-electron chi connectivity index (χ1n) is 5.04. The van der Waals surface area contributed by atoms with Crippen LogP contribution in [-0.4, -0.2) is 41.7 Å². The third-order valence-corrected chi connectivity index (χ3v) is 2.84. The van der Waals surface area contributed by atoms with Gasteiger partial charge in [-0.1, -0.05) is 6.42 Å². The predicted molar refractivity (Wildman–Crippen MR) is 48.3 cm³/mol. The van der Waals surface area contributed by atoms with Gasteiger partial charge in [0.1, 0.15) is 0 Å². The smallest absolute Gasteiger partial charge is 0.396 e. The molecular formula is C9H16F3NO2. The average Bonchev–Trinajstić information content (AvgIpc) is 2.59. The van der Waals surface area contributed by atoms with E-state index in [4.69, 9.17) is 10.2 Å². The molecule has 0 aromatic heterocycles. The van der Waals surface area contributed by atoms with Crippen LogP contribution >= 0.6 is 0 Å². The van der Waals surface area contributed by atoms with Crippen LogP contribution in [0.3, 0.4) is 0 Å². The van der Waals surface area contributed by atoms with Crippen LogP contribution in [0.5, 0.6) is 0 Å². The van der Waals surface area contributed by atoms with Gasteiger partial charge in [-0.2, -0.15) is 13.2 Å². The molecule has 1 aliphatic rings. The molecule has 3 nitrogen and oxygen atoms in total. The van der Waals surface area contributed by atoms with E-state index in [1.807, 2.05) is 0 Å². The number of halogens is 3. The summed E-state index contributed by atoms with van der Waals surface area (Å²) < 4.78 is 35.9. The van der Waals surface area contributed by atoms with Crippen molar-refractivity contribution >= 4 is 0 Å². The van der Waals surface area contributed by atoms with Gasteiger partial charge in [0.25, 0.3) is 0 Å². The van der Waals surface area contributed by atoms with E-state index in [1.54, 1.807) is 0 Å². The molecule has 6 heteroatoms. The molecule has 0 radical (unpaired) electrons. The molecule has 0 aromatic carbocycles. The van der Waals surface area contributed by atoms with Crippen LogP contribution in [0.1, 0.15) is 19.3 Å².